The molecule has 3 aromatic rings. The minimum absolute atomic E-state index is 0.0199. The fourth-order valence-electron chi connectivity index (χ4n) is 3.14. The summed E-state index contributed by atoms with van der Waals surface area (Å²) in [5.41, 5.74) is 4.41. The fraction of sp³-hybridized carbons (Fsp3) is 0.211. The van der Waals surface area contributed by atoms with Crippen LogP contribution in [0.15, 0.2) is 48.9 Å². The SMILES string of the molecule is Cn1nccc1CNc1cncc(N2CCc3cc(Cl)ccc3C2=O)c1. The molecule has 0 fully saturated rings. The number of pyridine rings is 1. The predicted octanol–water partition coefficient (Wildman–Crippen LogP) is 3.28. The van der Waals surface area contributed by atoms with E-state index in [1.54, 1.807) is 35.6 Å². The van der Waals surface area contributed by atoms with E-state index in [0.717, 1.165) is 29.1 Å². The molecule has 0 bridgehead atoms. The van der Waals surface area contributed by atoms with Crippen molar-refractivity contribution in [1.82, 2.24) is 14.8 Å². The van der Waals surface area contributed by atoms with Crippen molar-refractivity contribution in [2.45, 2.75) is 13.0 Å². The molecule has 3 heterocycles. The first kappa shape index (κ1) is 16.6. The van der Waals surface area contributed by atoms with E-state index in [1.165, 1.54) is 0 Å². The molecule has 0 aliphatic carbocycles. The Morgan fingerprint density at radius 3 is 2.92 bits per heavy atom. The zero-order valence-corrected chi connectivity index (χ0v) is 15.1. The molecule has 6 nitrogen and oxygen atoms in total. The van der Waals surface area contributed by atoms with Gasteiger partial charge in [-0.05, 0) is 42.3 Å². The van der Waals surface area contributed by atoms with Gasteiger partial charge in [-0.1, -0.05) is 11.6 Å². The topological polar surface area (TPSA) is 63.1 Å². The van der Waals surface area contributed by atoms with Gasteiger partial charge in [-0.25, -0.2) is 0 Å². The van der Waals surface area contributed by atoms with Crippen LogP contribution in [0.25, 0.3) is 0 Å². The molecule has 0 atom stereocenters. The minimum atomic E-state index is -0.0199. The van der Waals surface area contributed by atoms with Crippen LogP contribution >= 0.6 is 11.6 Å². The van der Waals surface area contributed by atoms with E-state index in [4.69, 9.17) is 11.6 Å². The molecule has 0 saturated carbocycles. The van der Waals surface area contributed by atoms with Crippen molar-refractivity contribution >= 4 is 28.9 Å². The second kappa shape index (κ2) is 6.80. The van der Waals surface area contributed by atoms with Crippen LogP contribution in [-0.4, -0.2) is 27.2 Å². The highest BCUT2D eigenvalue weighted by molar-refractivity contribution is 6.30. The van der Waals surface area contributed by atoms with Gasteiger partial charge in [0, 0.05) is 30.4 Å². The van der Waals surface area contributed by atoms with Gasteiger partial charge in [-0.2, -0.15) is 5.10 Å². The molecule has 0 spiro atoms. The standard InChI is InChI=1S/C19H18ClN5O/c1-24-16(4-6-23-24)12-22-15-9-17(11-21-10-15)25-7-5-13-8-14(20)2-3-18(13)19(25)26/h2-4,6,8-11,22H,5,7,12H2,1H3. The smallest absolute Gasteiger partial charge is 0.258 e. The molecular formula is C19H18ClN5O. The maximum absolute atomic E-state index is 12.9. The summed E-state index contributed by atoms with van der Waals surface area (Å²) in [6.45, 7) is 1.25. The van der Waals surface area contributed by atoms with Crippen molar-refractivity contribution in [1.29, 1.82) is 0 Å². The van der Waals surface area contributed by atoms with Crippen molar-refractivity contribution < 1.29 is 4.79 Å². The number of nitrogens with zero attached hydrogens (tertiary/aromatic N) is 4. The van der Waals surface area contributed by atoms with E-state index >= 15 is 0 Å². The molecule has 1 N–H and O–H groups in total. The number of fused-ring (bicyclic) bond motifs is 1. The average molecular weight is 368 g/mol. The maximum atomic E-state index is 12.9. The molecule has 132 valence electrons. The minimum Gasteiger partial charge on any atom is -0.378 e. The molecule has 1 aromatic carbocycles. The number of carbonyl (C=O) groups excluding carboxylic acids is 1. The third-order valence-electron chi connectivity index (χ3n) is 4.58. The lowest BCUT2D eigenvalue weighted by Gasteiger charge is -2.28. The molecule has 0 radical (unpaired) electrons. The Kier molecular flexibility index (Phi) is 4.34. The number of aromatic nitrogens is 3. The summed E-state index contributed by atoms with van der Waals surface area (Å²) in [6, 6.07) is 9.33. The van der Waals surface area contributed by atoms with Crippen LogP contribution in [0.1, 0.15) is 21.6 Å². The van der Waals surface area contributed by atoms with Crippen LogP contribution in [0.4, 0.5) is 11.4 Å². The monoisotopic (exact) mass is 367 g/mol. The Hall–Kier alpha value is -2.86. The van der Waals surface area contributed by atoms with E-state index in [2.05, 4.69) is 15.4 Å². The Labute approximate surface area is 156 Å². The Balaban J connectivity index is 1.54. The Morgan fingerprint density at radius 2 is 2.12 bits per heavy atom. The number of halogens is 1. The Morgan fingerprint density at radius 1 is 1.23 bits per heavy atom. The largest absolute Gasteiger partial charge is 0.378 e. The molecule has 1 aliphatic rings. The Bertz CT molecular complexity index is 968. The van der Waals surface area contributed by atoms with Crippen LogP contribution in [0.2, 0.25) is 5.02 Å². The first-order valence-electron chi connectivity index (χ1n) is 8.38. The highest BCUT2D eigenvalue weighted by Crippen LogP contribution is 2.27. The van der Waals surface area contributed by atoms with Crippen LogP contribution in [0.5, 0.6) is 0 Å². The normalized spacial score (nSPS) is 13.6. The highest BCUT2D eigenvalue weighted by Gasteiger charge is 2.25. The number of benzene rings is 1. The van der Waals surface area contributed by atoms with Gasteiger partial charge in [-0.3, -0.25) is 14.5 Å². The van der Waals surface area contributed by atoms with E-state index in [1.807, 2.05) is 29.9 Å². The average Bonchev–Trinajstić information content (AvgIpc) is 3.05. The predicted molar refractivity (Wildman–Crippen MR) is 102 cm³/mol. The van der Waals surface area contributed by atoms with Gasteiger partial charge >= 0.3 is 0 Å². The molecule has 26 heavy (non-hydrogen) atoms. The van der Waals surface area contributed by atoms with Gasteiger partial charge in [0.1, 0.15) is 0 Å². The first-order chi connectivity index (χ1) is 12.6. The summed E-state index contributed by atoms with van der Waals surface area (Å²) in [4.78, 5) is 18.9. The number of aryl methyl sites for hydroxylation is 1. The first-order valence-corrected chi connectivity index (χ1v) is 8.76. The summed E-state index contributed by atoms with van der Waals surface area (Å²) in [5, 5.41) is 8.15. The number of hydrogen-bond acceptors (Lipinski definition) is 4. The number of hydrogen-bond donors (Lipinski definition) is 1. The molecular weight excluding hydrogens is 350 g/mol. The van der Waals surface area contributed by atoms with Crippen LogP contribution in [0, 0.1) is 0 Å². The number of nitrogens with one attached hydrogen (secondary N) is 1. The van der Waals surface area contributed by atoms with Crippen molar-refractivity contribution in [3.63, 3.8) is 0 Å². The summed E-state index contributed by atoms with van der Waals surface area (Å²) < 4.78 is 1.82. The summed E-state index contributed by atoms with van der Waals surface area (Å²) in [5.74, 6) is -0.0199. The van der Waals surface area contributed by atoms with Gasteiger partial charge in [0.15, 0.2) is 0 Å². The third kappa shape index (κ3) is 3.15. The second-order valence-electron chi connectivity index (χ2n) is 6.24. The summed E-state index contributed by atoms with van der Waals surface area (Å²) in [6.07, 6.45) is 6.01. The van der Waals surface area contributed by atoms with Gasteiger partial charge < -0.3 is 10.2 Å². The molecule has 2 aromatic heterocycles. The number of anilines is 2. The molecule has 0 unspecified atom stereocenters. The van der Waals surface area contributed by atoms with Crippen LogP contribution in [0.3, 0.4) is 0 Å². The molecule has 1 amide bonds. The lowest BCUT2D eigenvalue weighted by atomic mass is 9.99. The quantitative estimate of drug-likeness (QED) is 0.768. The lowest BCUT2D eigenvalue weighted by molar-refractivity contribution is 0.0980. The molecule has 0 saturated heterocycles. The van der Waals surface area contributed by atoms with Crippen molar-refractivity contribution in [2.24, 2.45) is 7.05 Å². The lowest BCUT2D eigenvalue weighted by Crippen LogP contribution is -2.37. The number of amides is 1. The van der Waals surface area contributed by atoms with E-state index in [9.17, 15) is 4.79 Å². The summed E-state index contributed by atoms with van der Waals surface area (Å²) >= 11 is 6.04. The number of rotatable bonds is 4. The van der Waals surface area contributed by atoms with Gasteiger partial charge in [0.25, 0.3) is 5.91 Å². The van der Waals surface area contributed by atoms with E-state index in [-0.39, 0.29) is 5.91 Å². The van der Waals surface area contributed by atoms with Crippen molar-refractivity contribution in [3.05, 3.63) is 70.8 Å². The van der Waals surface area contributed by atoms with Gasteiger partial charge in [-0.15, -0.1) is 0 Å². The summed E-state index contributed by atoms with van der Waals surface area (Å²) in [7, 11) is 1.90. The maximum Gasteiger partial charge on any atom is 0.258 e. The fourth-order valence-corrected chi connectivity index (χ4v) is 3.34. The van der Waals surface area contributed by atoms with Crippen LogP contribution < -0.4 is 10.2 Å². The molecule has 4 rings (SSSR count). The molecule has 7 heteroatoms. The van der Waals surface area contributed by atoms with Crippen LogP contribution in [-0.2, 0) is 20.0 Å². The van der Waals surface area contributed by atoms with Crippen molar-refractivity contribution in [2.75, 3.05) is 16.8 Å². The van der Waals surface area contributed by atoms with E-state index < -0.39 is 0 Å². The van der Waals surface area contributed by atoms with Crippen molar-refractivity contribution in [3.8, 4) is 0 Å². The highest BCUT2D eigenvalue weighted by atomic mass is 35.5. The van der Waals surface area contributed by atoms with E-state index in [0.29, 0.717) is 23.7 Å². The van der Waals surface area contributed by atoms with Gasteiger partial charge in [0.05, 0.1) is 36.0 Å². The zero-order valence-electron chi connectivity index (χ0n) is 14.3. The van der Waals surface area contributed by atoms with Gasteiger partial charge in [0.2, 0.25) is 0 Å². The zero-order chi connectivity index (χ0) is 18.1. The number of carbonyl (C=O) groups is 1. The second-order valence-corrected chi connectivity index (χ2v) is 6.68. The molecule has 1 aliphatic heterocycles. The third-order valence-corrected chi connectivity index (χ3v) is 4.81.